The third-order valence-corrected chi connectivity index (χ3v) is 3.84. The number of hydrogen-bond donors (Lipinski definition) is 0. The first-order valence-electron chi connectivity index (χ1n) is 8.50. The zero-order chi connectivity index (χ0) is 20.1. The molecule has 0 aliphatic carbocycles. The van der Waals surface area contributed by atoms with E-state index in [0.29, 0.717) is 39.7 Å². The van der Waals surface area contributed by atoms with E-state index in [9.17, 15) is 9.59 Å². The Morgan fingerprint density at radius 1 is 0.857 bits per heavy atom. The second-order valence-corrected chi connectivity index (χ2v) is 5.95. The minimum absolute atomic E-state index is 0.299. The molecule has 0 atom stereocenters. The predicted molar refractivity (Wildman–Crippen MR) is 106 cm³/mol. The van der Waals surface area contributed by atoms with Crippen LogP contribution in [0, 0.1) is 0 Å². The molecule has 0 radical (unpaired) electrons. The van der Waals surface area contributed by atoms with Crippen LogP contribution in [0.5, 0.6) is 11.5 Å². The largest absolute Gasteiger partial charge is 0.456 e. The van der Waals surface area contributed by atoms with Crippen LogP contribution >= 0.6 is 0 Å². The van der Waals surface area contributed by atoms with E-state index in [0.717, 1.165) is 6.08 Å². The summed E-state index contributed by atoms with van der Waals surface area (Å²) >= 11 is 0. The van der Waals surface area contributed by atoms with Crippen LogP contribution < -0.4 is 9.47 Å². The van der Waals surface area contributed by atoms with E-state index in [-0.39, 0.29) is 0 Å². The first-order valence-corrected chi connectivity index (χ1v) is 8.50. The SMILES string of the molecule is C=CC(=O)Oc1ccccc1-c1ccc(-c2ccccc2OC(=O)C(=C)C)o1. The summed E-state index contributed by atoms with van der Waals surface area (Å²) in [6.45, 7) is 8.58. The number of rotatable bonds is 6. The average Bonchev–Trinajstić information content (AvgIpc) is 3.18. The highest BCUT2D eigenvalue weighted by molar-refractivity contribution is 5.90. The molecule has 1 heterocycles. The quantitative estimate of drug-likeness (QED) is 0.338. The van der Waals surface area contributed by atoms with Gasteiger partial charge in [0.05, 0.1) is 11.1 Å². The molecule has 0 saturated carbocycles. The van der Waals surface area contributed by atoms with E-state index < -0.39 is 11.9 Å². The molecule has 140 valence electrons. The number of esters is 2. The first-order chi connectivity index (χ1) is 13.5. The van der Waals surface area contributed by atoms with Gasteiger partial charge in [-0.15, -0.1) is 0 Å². The molecule has 0 aliphatic heterocycles. The van der Waals surface area contributed by atoms with Gasteiger partial charge in [-0.05, 0) is 43.3 Å². The number of carbonyl (C=O) groups excluding carboxylic acids is 2. The van der Waals surface area contributed by atoms with Gasteiger partial charge < -0.3 is 13.9 Å². The molecule has 2 aromatic carbocycles. The topological polar surface area (TPSA) is 65.7 Å². The summed E-state index contributed by atoms with van der Waals surface area (Å²) in [5.74, 6) is 0.656. The van der Waals surface area contributed by atoms with Gasteiger partial charge in [0.15, 0.2) is 0 Å². The molecule has 0 saturated heterocycles. The molecule has 0 aliphatic rings. The highest BCUT2D eigenvalue weighted by Crippen LogP contribution is 2.37. The fraction of sp³-hybridized carbons (Fsp3) is 0.0435. The van der Waals surface area contributed by atoms with Crippen molar-refractivity contribution in [1.29, 1.82) is 0 Å². The van der Waals surface area contributed by atoms with Crippen molar-refractivity contribution in [2.24, 2.45) is 0 Å². The van der Waals surface area contributed by atoms with Gasteiger partial charge >= 0.3 is 11.9 Å². The van der Waals surface area contributed by atoms with E-state index in [2.05, 4.69) is 13.2 Å². The molecule has 1 aromatic heterocycles. The molecule has 0 unspecified atom stereocenters. The second-order valence-electron chi connectivity index (χ2n) is 5.95. The third kappa shape index (κ3) is 4.10. The van der Waals surface area contributed by atoms with Gasteiger partial charge in [-0.1, -0.05) is 37.4 Å². The summed E-state index contributed by atoms with van der Waals surface area (Å²) in [6.07, 6.45) is 1.09. The van der Waals surface area contributed by atoms with E-state index in [4.69, 9.17) is 13.9 Å². The maximum Gasteiger partial charge on any atom is 0.338 e. The van der Waals surface area contributed by atoms with E-state index in [1.807, 2.05) is 12.1 Å². The van der Waals surface area contributed by atoms with E-state index in [1.165, 1.54) is 0 Å². The molecule has 3 aromatic rings. The highest BCUT2D eigenvalue weighted by atomic mass is 16.5. The van der Waals surface area contributed by atoms with Crippen LogP contribution in [0.3, 0.4) is 0 Å². The van der Waals surface area contributed by atoms with Crippen LogP contribution in [0.15, 0.2) is 89.9 Å². The van der Waals surface area contributed by atoms with Crippen LogP contribution in [0.2, 0.25) is 0 Å². The number of para-hydroxylation sites is 2. The Kier molecular flexibility index (Phi) is 5.56. The van der Waals surface area contributed by atoms with Crippen LogP contribution in [0.4, 0.5) is 0 Å². The summed E-state index contributed by atoms with van der Waals surface area (Å²) in [7, 11) is 0. The molecular weight excluding hydrogens is 356 g/mol. The van der Waals surface area contributed by atoms with Crippen LogP contribution in [-0.4, -0.2) is 11.9 Å². The molecular formula is C23H18O5. The Balaban J connectivity index is 1.97. The van der Waals surface area contributed by atoms with E-state index >= 15 is 0 Å². The van der Waals surface area contributed by atoms with Gasteiger partial charge in [-0.2, -0.15) is 0 Å². The Labute approximate surface area is 162 Å². The van der Waals surface area contributed by atoms with Crippen molar-refractivity contribution in [3.05, 3.63) is 85.5 Å². The standard InChI is InChI=1S/C23H18O5/c1-4-22(24)27-18-11-7-5-9-16(18)20-13-14-21(26-20)17-10-6-8-12-19(17)28-23(25)15(2)3/h4-14H,1-2H2,3H3. The lowest BCUT2D eigenvalue weighted by Crippen LogP contribution is -2.08. The summed E-state index contributed by atoms with van der Waals surface area (Å²) in [6, 6.07) is 17.6. The molecule has 0 N–H and O–H groups in total. The minimum Gasteiger partial charge on any atom is -0.456 e. The number of benzene rings is 2. The van der Waals surface area contributed by atoms with Gasteiger partial charge in [0.2, 0.25) is 0 Å². The number of hydrogen-bond acceptors (Lipinski definition) is 5. The van der Waals surface area contributed by atoms with Crippen LogP contribution in [0.1, 0.15) is 6.92 Å². The Bertz CT molecular complexity index is 1060. The molecule has 0 bridgehead atoms. The first kappa shape index (κ1) is 18.9. The lowest BCUT2D eigenvalue weighted by atomic mass is 10.1. The monoisotopic (exact) mass is 374 g/mol. The summed E-state index contributed by atoms with van der Waals surface area (Å²) < 4.78 is 16.6. The Morgan fingerprint density at radius 2 is 1.36 bits per heavy atom. The lowest BCUT2D eigenvalue weighted by Gasteiger charge is -2.09. The molecule has 0 fully saturated rings. The van der Waals surface area contributed by atoms with Crippen molar-refractivity contribution in [2.45, 2.75) is 6.92 Å². The minimum atomic E-state index is -0.559. The molecule has 5 heteroatoms. The smallest absolute Gasteiger partial charge is 0.338 e. The predicted octanol–water partition coefficient (Wildman–Crippen LogP) is 5.19. The number of furan rings is 1. The van der Waals surface area contributed by atoms with Crippen molar-refractivity contribution >= 4 is 11.9 Å². The fourth-order valence-corrected chi connectivity index (χ4v) is 2.48. The summed E-state index contributed by atoms with van der Waals surface area (Å²) in [5.41, 5.74) is 1.53. The third-order valence-electron chi connectivity index (χ3n) is 3.84. The molecule has 0 amide bonds. The van der Waals surface area contributed by atoms with Crippen molar-refractivity contribution in [1.82, 2.24) is 0 Å². The van der Waals surface area contributed by atoms with Gasteiger partial charge in [-0.25, -0.2) is 9.59 Å². The van der Waals surface area contributed by atoms with Gasteiger partial charge in [-0.3, -0.25) is 0 Å². The maximum absolute atomic E-state index is 11.9. The van der Waals surface area contributed by atoms with Gasteiger partial charge in [0, 0.05) is 11.6 Å². The van der Waals surface area contributed by atoms with E-state index in [1.54, 1.807) is 55.5 Å². The normalized spacial score (nSPS) is 10.2. The van der Waals surface area contributed by atoms with Crippen LogP contribution in [0.25, 0.3) is 22.6 Å². The Morgan fingerprint density at radius 3 is 1.86 bits per heavy atom. The zero-order valence-electron chi connectivity index (χ0n) is 15.3. The maximum atomic E-state index is 11.9. The zero-order valence-corrected chi connectivity index (χ0v) is 15.3. The molecule has 0 spiro atoms. The number of ether oxygens (including phenoxy) is 2. The van der Waals surface area contributed by atoms with Gasteiger partial charge in [0.25, 0.3) is 0 Å². The number of carbonyl (C=O) groups is 2. The van der Waals surface area contributed by atoms with Crippen molar-refractivity contribution in [3.63, 3.8) is 0 Å². The Hall–Kier alpha value is -3.86. The average molecular weight is 374 g/mol. The summed E-state index contributed by atoms with van der Waals surface area (Å²) in [4.78, 5) is 23.5. The fourth-order valence-electron chi connectivity index (χ4n) is 2.48. The highest BCUT2D eigenvalue weighted by Gasteiger charge is 2.16. The summed E-state index contributed by atoms with van der Waals surface area (Å²) in [5, 5.41) is 0. The molecule has 28 heavy (non-hydrogen) atoms. The molecule has 5 nitrogen and oxygen atoms in total. The van der Waals surface area contributed by atoms with Gasteiger partial charge in [0.1, 0.15) is 23.0 Å². The van der Waals surface area contributed by atoms with Crippen molar-refractivity contribution in [3.8, 4) is 34.1 Å². The van der Waals surface area contributed by atoms with Crippen molar-refractivity contribution in [2.75, 3.05) is 0 Å². The lowest BCUT2D eigenvalue weighted by molar-refractivity contribution is -0.130. The van der Waals surface area contributed by atoms with Crippen molar-refractivity contribution < 1.29 is 23.5 Å². The molecule has 3 rings (SSSR count). The second kappa shape index (κ2) is 8.22. The van der Waals surface area contributed by atoms with Crippen LogP contribution in [-0.2, 0) is 9.59 Å².